The molecule has 0 unspecified atom stereocenters. The van der Waals surface area contributed by atoms with Gasteiger partial charge in [0.25, 0.3) is 9.70 Å². The molecule has 110 valence electrons. The predicted octanol–water partition coefficient (Wildman–Crippen LogP) is 3.63. The zero-order chi connectivity index (χ0) is 15.2. The summed E-state index contributed by atoms with van der Waals surface area (Å²) in [6.45, 7) is 5.89. The number of carbonyl (C=O) groups excluding carboxylic acids is 1. The first kappa shape index (κ1) is 17.3. The molecule has 0 radical (unpaired) electrons. The lowest BCUT2D eigenvalue weighted by Crippen LogP contribution is -2.46. The van der Waals surface area contributed by atoms with Crippen molar-refractivity contribution in [3.8, 4) is 0 Å². The van der Waals surface area contributed by atoms with Crippen LogP contribution in [0, 0.1) is 0 Å². The van der Waals surface area contributed by atoms with E-state index in [9.17, 15) is 4.79 Å². The number of benzene rings is 1. The van der Waals surface area contributed by atoms with Gasteiger partial charge in [-0.1, -0.05) is 71.2 Å². The Balaban J connectivity index is 2.53. The highest BCUT2D eigenvalue weighted by atomic mass is 35.6. The Kier molecular flexibility index (Phi) is 6.83. The van der Waals surface area contributed by atoms with Gasteiger partial charge in [-0.15, -0.1) is 6.58 Å². The van der Waals surface area contributed by atoms with Crippen molar-refractivity contribution < 1.29 is 9.53 Å². The third kappa shape index (κ3) is 5.71. The molecule has 2 atom stereocenters. The van der Waals surface area contributed by atoms with E-state index in [1.165, 1.54) is 0 Å². The normalized spacial score (nSPS) is 14.4. The molecule has 1 amide bonds. The van der Waals surface area contributed by atoms with Crippen LogP contribution in [-0.4, -0.2) is 21.8 Å². The van der Waals surface area contributed by atoms with E-state index >= 15 is 0 Å². The predicted molar refractivity (Wildman–Crippen MR) is 83.1 cm³/mol. The number of carbonyl (C=O) groups is 1. The molecule has 1 aromatic carbocycles. The van der Waals surface area contributed by atoms with Crippen LogP contribution >= 0.6 is 34.8 Å². The summed E-state index contributed by atoms with van der Waals surface area (Å²) in [6, 6.07) is 9.26. The van der Waals surface area contributed by atoms with Crippen LogP contribution in [0.2, 0.25) is 0 Å². The van der Waals surface area contributed by atoms with Crippen molar-refractivity contribution in [3.05, 3.63) is 48.6 Å². The number of nitrogens with one attached hydrogen (secondary N) is 1. The number of amides is 1. The van der Waals surface area contributed by atoms with Crippen LogP contribution in [0.25, 0.3) is 0 Å². The van der Waals surface area contributed by atoms with Crippen LogP contribution in [0.15, 0.2) is 43.0 Å². The van der Waals surface area contributed by atoms with Gasteiger partial charge >= 0.3 is 0 Å². The van der Waals surface area contributed by atoms with Crippen LogP contribution in [0.3, 0.4) is 0 Å². The van der Waals surface area contributed by atoms with Crippen LogP contribution < -0.4 is 5.32 Å². The standard InChI is InChI=1S/C14H16Cl3NO2/c1-3-12(18-13(19)14(15,16)17)10(2)20-9-11-7-5-4-6-8-11/h3-8,10,12H,1,9H2,2H3,(H,18,19)/t10-,12+/m0/s1. The number of rotatable bonds is 6. The second kappa shape index (κ2) is 7.89. The number of hydrogen-bond acceptors (Lipinski definition) is 2. The van der Waals surface area contributed by atoms with Crippen molar-refractivity contribution in [2.24, 2.45) is 0 Å². The van der Waals surface area contributed by atoms with Crippen molar-refractivity contribution in [1.29, 1.82) is 0 Å². The average Bonchev–Trinajstić information content (AvgIpc) is 2.41. The first-order chi connectivity index (χ1) is 9.34. The molecule has 0 heterocycles. The zero-order valence-corrected chi connectivity index (χ0v) is 13.3. The molecule has 6 heteroatoms. The van der Waals surface area contributed by atoms with Crippen molar-refractivity contribution >= 4 is 40.7 Å². The van der Waals surface area contributed by atoms with Gasteiger partial charge in [-0.2, -0.15) is 0 Å². The lowest BCUT2D eigenvalue weighted by molar-refractivity contribution is -0.121. The van der Waals surface area contributed by atoms with E-state index in [0.717, 1.165) is 5.56 Å². The molecule has 0 fully saturated rings. The second-order valence-electron chi connectivity index (χ2n) is 4.23. The Bertz CT molecular complexity index is 445. The van der Waals surface area contributed by atoms with Crippen molar-refractivity contribution in [2.75, 3.05) is 0 Å². The number of ether oxygens (including phenoxy) is 1. The molecule has 1 rings (SSSR count). The lowest BCUT2D eigenvalue weighted by Gasteiger charge is -2.24. The summed E-state index contributed by atoms with van der Waals surface area (Å²) in [5, 5.41) is 2.56. The summed E-state index contributed by atoms with van der Waals surface area (Å²) in [7, 11) is 0. The molecule has 0 bridgehead atoms. The minimum absolute atomic E-state index is 0.302. The molecule has 0 aliphatic carbocycles. The number of hydrogen-bond donors (Lipinski definition) is 1. The highest BCUT2D eigenvalue weighted by molar-refractivity contribution is 6.76. The average molecular weight is 337 g/mol. The summed E-state index contributed by atoms with van der Waals surface area (Å²) >= 11 is 16.5. The van der Waals surface area contributed by atoms with Gasteiger partial charge < -0.3 is 10.1 Å². The largest absolute Gasteiger partial charge is 0.371 e. The first-order valence-corrected chi connectivity index (χ1v) is 7.13. The Labute approximate surface area is 133 Å². The fourth-order valence-electron chi connectivity index (χ4n) is 1.51. The molecule has 0 saturated carbocycles. The monoisotopic (exact) mass is 335 g/mol. The van der Waals surface area contributed by atoms with Crippen molar-refractivity contribution in [1.82, 2.24) is 5.32 Å². The van der Waals surface area contributed by atoms with Gasteiger partial charge in [0.2, 0.25) is 0 Å². The summed E-state index contributed by atoms with van der Waals surface area (Å²) in [4.78, 5) is 11.6. The van der Waals surface area contributed by atoms with E-state index in [2.05, 4.69) is 11.9 Å². The van der Waals surface area contributed by atoms with Gasteiger partial charge in [0.05, 0.1) is 18.8 Å². The Morgan fingerprint density at radius 1 is 1.40 bits per heavy atom. The van der Waals surface area contributed by atoms with Crippen molar-refractivity contribution in [2.45, 2.75) is 29.5 Å². The quantitative estimate of drug-likeness (QED) is 0.636. The third-order valence-electron chi connectivity index (χ3n) is 2.67. The Morgan fingerprint density at radius 2 is 2.00 bits per heavy atom. The molecule has 1 aromatic rings. The SMILES string of the molecule is C=C[C@@H](NC(=O)C(Cl)(Cl)Cl)[C@H](C)OCc1ccccc1. The molecule has 0 aromatic heterocycles. The van der Waals surface area contributed by atoms with Gasteiger partial charge in [0, 0.05) is 0 Å². The van der Waals surface area contributed by atoms with Crippen molar-refractivity contribution in [3.63, 3.8) is 0 Å². The van der Waals surface area contributed by atoms with Gasteiger partial charge in [-0.05, 0) is 12.5 Å². The van der Waals surface area contributed by atoms with Gasteiger partial charge in [0.15, 0.2) is 0 Å². The highest BCUT2D eigenvalue weighted by Crippen LogP contribution is 2.26. The molecular formula is C14H16Cl3NO2. The molecule has 0 aliphatic rings. The molecule has 0 aliphatic heterocycles. The summed E-state index contributed by atoms with van der Waals surface area (Å²) in [6.07, 6.45) is 1.24. The zero-order valence-electron chi connectivity index (χ0n) is 11.0. The molecule has 3 nitrogen and oxygen atoms in total. The molecule has 0 saturated heterocycles. The van der Waals surface area contributed by atoms with E-state index < -0.39 is 15.7 Å². The lowest BCUT2D eigenvalue weighted by atomic mass is 10.1. The van der Waals surface area contributed by atoms with Gasteiger partial charge in [0.1, 0.15) is 0 Å². The summed E-state index contributed by atoms with van der Waals surface area (Å²) in [5.74, 6) is -0.706. The van der Waals surface area contributed by atoms with Gasteiger partial charge in [-0.3, -0.25) is 4.79 Å². The van der Waals surface area contributed by atoms with Crippen LogP contribution in [0.1, 0.15) is 12.5 Å². The number of alkyl halides is 3. The van der Waals surface area contributed by atoms with Crippen LogP contribution in [0.5, 0.6) is 0 Å². The maximum absolute atomic E-state index is 11.6. The van der Waals surface area contributed by atoms with E-state index in [1.54, 1.807) is 6.08 Å². The second-order valence-corrected chi connectivity index (χ2v) is 6.52. The molecule has 1 N–H and O–H groups in total. The van der Waals surface area contributed by atoms with E-state index in [1.807, 2.05) is 37.3 Å². The fraction of sp³-hybridized carbons (Fsp3) is 0.357. The van der Waals surface area contributed by atoms with Crippen LogP contribution in [-0.2, 0) is 16.1 Å². The maximum atomic E-state index is 11.6. The Hall–Kier alpha value is -0.740. The smallest absolute Gasteiger partial charge is 0.272 e. The molecule has 0 spiro atoms. The number of halogens is 3. The minimum atomic E-state index is -2.00. The van der Waals surface area contributed by atoms with E-state index in [4.69, 9.17) is 39.5 Å². The third-order valence-corrected chi connectivity index (χ3v) is 3.19. The summed E-state index contributed by atoms with van der Waals surface area (Å²) in [5.41, 5.74) is 1.04. The van der Waals surface area contributed by atoms with Gasteiger partial charge in [-0.25, -0.2) is 0 Å². The summed E-state index contributed by atoms with van der Waals surface area (Å²) < 4.78 is 3.68. The van der Waals surface area contributed by atoms with E-state index in [-0.39, 0.29) is 6.10 Å². The van der Waals surface area contributed by atoms with E-state index in [0.29, 0.717) is 6.61 Å². The molecular weight excluding hydrogens is 321 g/mol. The minimum Gasteiger partial charge on any atom is -0.371 e. The highest BCUT2D eigenvalue weighted by Gasteiger charge is 2.32. The molecule has 20 heavy (non-hydrogen) atoms. The fourth-order valence-corrected chi connectivity index (χ4v) is 1.67. The Morgan fingerprint density at radius 3 is 2.50 bits per heavy atom. The maximum Gasteiger partial charge on any atom is 0.272 e. The topological polar surface area (TPSA) is 38.3 Å². The first-order valence-electron chi connectivity index (χ1n) is 6.00. The van der Waals surface area contributed by atoms with Crippen LogP contribution in [0.4, 0.5) is 0 Å².